The number of amides is 1. The maximum Gasteiger partial charge on any atom is 0.331 e. The first kappa shape index (κ1) is 18.3. The summed E-state index contributed by atoms with van der Waals surface area (Å²) in [6, 6.07) is 19.4. The second kappa shape index (κ2) is 8.27. The molecule has 5 heteroatoms. The summed E-state index contributed by atoms with van der Waals surface area (Å²) in [5.74, 6) is -1.61. The van der Waals surface area contributed by atoms with Crippen LogP contribution in [0.5, 0.6) is 0 Å². The van der Waals surface area contributed by atoms with Crippen LogP contribution in [0.3, 0.4) is 0 Å². The number of carbonyl (C=O) groups excluding carboxylic acids is 2. The summed E-state index contributed by atoms with van der Waals surface area (Å²) in [6.07, 6.45) is 1.42. The number of benzene rings is 3. The van der Waals surface area contributed by atoms with Gasteiger partial charge in [-0.15, -0.1) is 0 Å². The fraction of sp³-hybridized carbons (Fsp3) is 0.0909. The second-order valence-electron chi connectivity index (χ2n) is 5.99. The third kappa shape index (κ3) is 4.79. The van der Waals surface area contributed by atoms with Gasteiger partial charge in [0.15, 0.2) is 6.10 Å². The molecule has 0 radical (unpaired) electrons. The quantitative estimate of drug-likeness (QED) is 0.534. The molecular formula is C22H18FNO3. The molecule has 0 aliphatic heterocycles. The first-order valence-electron chi connectivity index (χ1n) is 8.46. The highest BCUT2D eigenvalue weighted by molar-refractivity contribution is 5.98. The molecule has 0 aliphatic rings. The van der Waals surface area contributed by atoms with E-state index in [0.717, 1.165) is 16.8 Å². The van der Waals surface area contributed by atoms with Crippen LogP contribution < -0.4 is 5.32 Å². The molecule has 0 aliphatic carbocycles. The highest BCUT2D eigenvalue weighted by Gasteiger charge is 2.16. The Morgan fingerprint density at radius 3 is 2.48 bits per heavy atom. The Kier molecular flexibility index (Phi) is 5.61. The van der Waals surface area contributed by atoms with Crippen molar-refractivity contribution < 1.29 is 18.7 Å². The molecule has 0 saturated heterocycles. The van der Waals surface area contributed by atoms with Crippen molar-refractivity contribution in [3.05, 3.63) is 84.2 Å². The third-order valence-electron chi connectivity index (χ3n) is 3.98. The summed E-state index contributed by atoms with van der Waals surface area (Å²) >= 11 is 0. The predicted octanol–water partition coefficient (Wildman–Crippen LogP) is 4.56. The van der Waals surface area contributed by atoms with Crippen molar-refractivity contribution >= 4 is 34.4 Å². The summed E-state index contributed by atoms with van der Waals surface area (Å²) in [7, 11) is 0. The molecule has 3 aromatic carbocycles. The van der Waals surface area contributed by atoms with Gasteiger partial charge in [-0.25, -0.2) is 9.18 Å². The lowest BCUT2D eigenvalue weighted by atomic mass is 10.1. The standard InChI is InChI=1S/C22H18FNO3/c1-15(27-21(25)13-11-17-7-4-5-9-20(17)23)22(26)24-19-12-10-16-6-2-3-8-18(16)14-19/h2-15H,1H3,(H,24,26)/b13-11+. The van der Waals surface area contributed by atoms with Crippen molar-refractivity contribution in [2.75, 3.05) is 5.32 Å². The fourth-order valence-electron chi connectivity index (χ4n) is 2.55. The minimum absolute atomic E-state index is 0.266. The van der Waals surface area contributed by atoms with Crippen LogP contribution in [0.1, 0.15) is 12.5 Å². The molecule has 0 spiro atoms. The molecule has 0 saturated carbocycles. The van der Waals surface area contributed by atoms with E-state index in [1.807, 2.05) is 36.4 Å². The number of carbonyl (C=O) groups is 2. The number of esters is 1. The molecule has 4 nitrogen and oxygen atoms in total. The van der Waals surface area contributed by atoms with E-state index in [2.05, 4.69) is 5.32 Å². The number of hydrogen-bond donors (Lipinski definition) is 1. The Labute approximate surface area is 156 Å². The lowest BCUT2D eigenvalue weighted by Crippen LogP contribution is -2.29. The van der Waals surface area contributed by atoms with Crippen molar-refractivity contribution in [1.29, 1.82) is 0 Å². The van der Waals surface area contributed by atoms with Gasteiger partial charge in [-0.2, -0.15) is 0 Å². The van der Waals surface area contributed by atoms with E-state index in [1.165, 1.54) is 25.1 Å². The van der Waals surface area contributed by atoms with Crippen LogP contribution in [-0.4, -0.2) is 18.0 Å². The minimum atomic E-state index is -0.991. The molecule has 0 heterocycles. The molecule has 136 valence electrons. The maximum absolute atomic E-state index is 13.5. The lowest BCUT2D eigenvalue weighted by Gasteiger charge is -2.13. The SMILES string of the molecule is CC(OC(=O)/C=C/c1ccccc1F)C(=O)Nc1ccc2ccccc2c1. The zero-order valence-electron chi connectivity index (χ0n) is 14.7. The highest BCUT2D eigenvalue weighted by atomic mass is 19.1. The van der Waals surface area contributed by atoms with Crippen molar-refractivity contribution in [2.45, 2.75) is 13.0 Å². The van der Waals surface area contributed by atoms with Gasteiger partial charge >= 0.3 is 5.97 Å². The largest absolute Gasteiger partial charge is 0.449 e. The van der Waals surface area contributed by atoms with Crippen LogP contribution in [0.2, 0.25) is 0 Å². The van der Waals surface area contributed by atoms with Crippen LogP contribution >= 0.6 is 0 Å². The van der Waals surface area contributed by atoms with E-state index in [9.17, 15) is 14.0 Å². The molecule has 0 aromatic heterocycles. The van der Waals surface area contributed by atoms with E-state index >= 15 is 0 Å². The van der Waals surface area contributed by atoms with Gasteiger partial charge in [0.2, 0.25) is 0 Å². The summed E-state index contributed by atoms with van der Waals surface area (Å²) in [5, 5.41) is 4.78. The summed E-state index contributed by atoms with van der Waals surface area (Å²) in [6.45, 7) is 1.48. The van der Waals surface area contributed by atoms with E-state index in [1.54, 1.807) is 18.2 Å². The molecule has 3 aromatic rings. The van der Waals surface area contributed by atoms with Crippen molar-refractivity contribution in [3.63, 3.8) is 0 Å². The zero-order valence-corrected chi connectivity index (χ0v) is 14.7. The molecular weight excluding hydrogens is 345 g/mol. The first-order valence-corrected chi connectivity index (χ1v) is 8.46. The van der Waals surface area contributed by atoms with Gasteiger partial charge in [0.05, 0.1) is 0 Å². The number of halogens is 1. The van der Waals surface area contributed by atoms with Gasteiger partial charge < -0.3 is 10.1 Å². The average molecular weight is 363 g/mol. The minimum Gasteiger partial charge on any atom is -0.449 e. The van der Waals surface area contributed by atoms with Crippen LogP contribution in [-0.2, 0) is 14.3 Å². The number of nitrogens with one attached hydrogen (secondary N) is 1. The molecule has 3 rings (SSSR count). The first-order chi connectivity index (χ1) is 13.0. The van der Waals surface area contributed by atoms with Crippen LogP contribution in [0.15, 0.2) is 72.8 Å². The van der Waals surface area contributed by atoms with E-state index in [4.69, 9.17) is 4.74 Å². The monoisotopic (exact) mass is 363 g/mol. The number of hydrogen-bond acceptors (Lipinski definition) is 3. The number of ether oxygens (including phenoxy) is 1. The summed E-state index contributed by atoms with van der Waals surface area (Å²) < 4.78 is 18.6. The number of anilines is 1. The zero-order chi connectivity index (χ0) is 19.2. The van der Waals surface area contributed by atoms with Gasteiger partial charge in [0.25, 0.3) is 5.91 Å². The Balaban J connectivity index is 1.59. The van der Waals surface area contributed by atoms with Crippen LogP contribution in [0.4, 0.5) is 10.1 Å². The van der Waals surface area contributed by atoms with Gasteiger partial charge in [0, 0.05) is 17.3 Å². The second-order valence-corrected chi connectivity index (χ2v) is 5.99. The average Bonchev–Trinajstić information content (AvgIpc) is 2.67. The number of rotatable bonds is 5. The highest BCUT2D eigenvalue weighted by Crippen LogP contribution is 2.19. The topological polar surface area (TPSA) is 55.4 Å². The Morgan fingerprint density at radius 1 is 1.00 bits per heavy atom. The smallest absolute Gasteiger partial charge is 0.331 e. The van der Waals surface area contributed by atoms with Crippen molar-refractivity contribution in [2.24, 2.45) is 0 Å². The molecule has 27 heavy (non-hydrogen) atoms. The molecule has 1 atom stereocenters. The van der Waals surface area contributed by atoms with Crippen molar-refractivity contribution in [3.8, 4) is 0 Å². The van der Waals surface area contributed by atoms with E-state index < -0.39 is 23.8 Å². The predicted molar refractivity (Wildman–Crippen MR) is 104 cm³/mol. The summed E-state index contributed by atoms with van der Waals surface area (Å²) in [5.41, 5.74) is 0.881. The summed E-state index contributed by atoms with van der Waals surface area (Å²) in [4.78, 5) is 24.1. The number of fused-ring (bicyclic) bond motifs is 1. The van der Waals surface area contributed by atoms with Gasteiger partial charge in [0.1, 0.15) is 5.82 Å². The van der Waals surface area contributed by atoms with Crippen LogP contribution in [0.25, 0.3) is 16.8 Å². The maximum atomic E-state index is 13.5. The molecule has 0 bridgehead atoms. The fourth-order valence-corrected chi connectivity index (χ4v) is 2.55. The van der Waals surface area contributed by atoms with Crippen LogP contribution in [0, 0.1) is 5.82 Å². The Bertz CT molecular complexity index is 1010. The normalized spacial score (nSPS) is 12.1. The lowest BCUT2D eigenvalue weighted by molar-refractivity contribution is -0.148. The molecule has 0 fully saturated rings. The van der Waals surface area contributed by atoms with Gasteiger partial charge in [-0.3, -0.25) is 4.79 Å². The van der Waals surface area contributed by atoms with Gasteiger partial charge in [-0.1, -0.05) is 48.5 Å². The third-order valence-corrected chi connectivity index (χ3v) is 3.98. The molecule has 1 amide bonds. The Hall–Kier alpha value is -3.47. The molecule has 1 N–H and O–H groups in total. The van der Waals surface area contributed by atoms with Crippen molar-refractivity contribution in [1.82, 2.24) is 0 Å². The van der Waals surface area contributed by atoms with Gasteiger partial charge in [-0.05, 0) is 42.0 Å². The van der Waals surface area contributed by atoms with E-state index in [0.29, 0.717) is 5.69 Å². The Morgan fingerprint density at radius 2 is 1.70 bits per heavy atom. The van der Waals surface area contributed by atoms with E-state index in [-0.39, 0.29) is 5.56 Å². The molecule has 1 unspecified atom stereocenters.